The van der Waals surface area contributed by atoms with E-state index in [4.69, 9.17) is 0 Å². The topological polar surface area (TPSA) is 56.5 Å². The van der Waals surface area contributed by atoms with Gasteiger partial charge in [0.25, 0.3) is 0 Å². The van der Waals surface area contributed by atoms with Gasteiger partial charge in [0.15, 0.2) is 5.16 Å². The molecule has 6 heteroatoms. The van der Waals surface area contributed by atoms with E-state index < -0.39 is 0 Å². The van der Waals surface area contributed by atoms with Crippen molar-refractivity contribution in [2.24, 2.45) is 0 Å². The van der Waals surface area contributed by atoms with Crippen LogP contribution in [0.2, 0.25) is 0 Å². The largest absolute Gasteiger partial charge is 0.303 e. The molecule has 0 radical (unpaired) electrons. The molecule has 0 atom stereocenters. The van der Waals surface area contributed by atoms with Crippen molar-refractivity contribution in [3.63, 3.8) is 0 Å². The number of nitrogens with zero attached hydrogens (tertiary/aromatic N) is 5. The molecule has 0 amide bonds. The molecular formula is C14H21N5S. The maximum absolute atomic E-state index is 4.61. The average Bonchev–Trinajstić information content (AvgIpc) is 2.69. The van der Waals surface area contributed by atoms with Gasteiger partial charge in [0.1, 0.15) is 16.7 Å². The van der Waals surface area contributed by atoms with Crippen LogP contribution in [0.5, 0.6) is 0 Å². The summed E-state index contributed by atoms with van der Waals surface area (Å²) in [6, 6.07) is 2.32. The van der Waals surface area contributed by atoms with Crippen LogP contribution in [0.25, 0.3) is 0 Å². The second-order valence-corrected chi connectivity index (χ2v) is 6.44. The molecule has 0 saturated heterocycles. The Balaban J connectivity index is 2.35. The number of hydrogen-bond acceptors (Lipinski definition) is 5. The minimum Gasteiger partial charge on any atom is -0.303 e. The molecule has 0 fully saturated rings. The third kappa shape index (κ3) is 3.17. The zero-order valence-electron chi connectivity index (χ0n) is 12.9. The van der Waals surface area contributed by atoms with Gasteiger partial charge in [-0.2, -0.15) is 0 Å². The SMILES string of the molecule is Cc1cc(Sc2nnc(C)n2C(C)C)nc(C(C)C)n1. The lowest BCUT2D eigenvalue weighted by Gasteiger charge is -2.12. The molecule has 0 aliphatic carbocycles. The minimum atomic E-state index is 0.318. The van der Waals surface area contributed by atoms with Crippen LogP contribution in [-0.2, 0) is 0 Å². The fraction of sp³-hybridized carbons (Fsp3) is 0.571. The maximum Gasteiger partial charge on any atom is 0.197 e. The van der Waals surface area contributed by atoms with Crippen molar-refractivity contribution in [3.05, 3.63) is 23.4 Å². The first kappa shape index (κ1) is 15.0. The maximum atomic E-state index is 4.61. The number of hydrogen-bond donors (Lipinski definition) is 0. The van der Waals surface area contributed by atoms with Gasteiger partial charge in [0, 0.05) is 17.7 Å². The highest BCUT2D eigenvalue weighted by Gasteiger charge is 2.15. The predicted molar refractivity (Wildman–Crippen MR) is 80.1 cm³/mol. The summed E-state index contributed by atoms with van der Waals surface area (Å²) in [5.74, 6) is 2.12. The fourth-order valence-electron chi connectivity index (χ4n) is 1.98. The van der Waals surface area contributed by atoms with Crippen molar-refractivity contribution < 1.29 is 0 Å². The molecule has 0 unspecified atom stereocenters. The first-order valence-electron chi connectivity index (χ1n) is 6.83. The summed E-state index contributed by atoms with van der Waals surface area (Å²) in [6.07, 6.45) is 0. The first-order chi connectivity index (χ1) is 9.38. The fourth-order valence-corrected chi connectivity index (χ4v) is 3.06. The van der Waals surface area contributed by atoms with Gasteiger partial charge in [-0.1, -0.05) is 13.8 Å². The Morgan fingerprint density at radius 3 is 2.35 bits per heavy atom. The van der Waals surface area contributed by atoms with E-state index in [0.29, 0.717) is 12.0 Å². The van der Waals surface area contributed by atoms with E-state index in [1.807, 2.05) is 19.9 Å². The lowest BCUT2D eigenvalue weighted by molar-refractivity contribution is 0.536. The van der Waals surface area contributed by atoms with Crippen molar-refractivity contribution in [2.75, 3.05) is 0 Å². The van der Waals surface area contributed by atoms with Crippen LogP contribution >= 0.6 is 11.8 Å². The van der Waals surface area contributed by atoms with Gasteiger partial charge in [-0.15, -0.1) is 10.2 Å². The molecule has 2 rings (SSSR count). The van der Waals surface area contributed by atoms with Gasteiger partial charge in [-0.25, -0.2) is 9.97 Å². The summed E-state index contributed by atoms with van der Waals surface area (Å²) >= 11 is 1.55. The zero-order chi connectivity index (χ0) is 14.9. The summed E-state index contributed by atoms with van der Waals surface area (Å²) in [5, 5.41) is 10.2. The predicted octanol–water partition coefficient (Wildman–Crippen LogP) is 3.54. The van der Waals surface area contributed by atoms with E-state index in [2.05, 4.69) is 52.4 Å². The molecule has 0 N–H and O–H groups in total. The molecule has 2 aromatic heterocycles. The van der Waals surface area contributed by atoms with E-state index in [1.165, 1.54) is 0 Å². The van der Waals surface area contributed by atoms with Crippen LogP contribution in [0, 0.1) is 13.8 Å². The summed E-state index contributed by atoms with van der Waals surface area (Å²) in [5.41, 5.74) is 0.985. The van der Waals surface area contributed by atoms with E-state index in [9.17, 15) is 0 Å². The lowest BCUT2D eigenvalue weighted by atomic mass is 10.2. The number of aromatic nitrogens is 5. The molecule has 0 spiro atoms. The summed E-state index contributed by atoms with van der Waals surface area (Å²) in [7, 11) is 0. The molecule has 108 valence electrons. The monoisotopic (exact) mass is 291 g/mol. The van der Waals surface area contributed by atoms with E-state index in [-0.39, 0.29) is 0 Å². The summed E-state index contributed by atoms with van der Waals surface area (Å²) < 4.78 is 2.12. The van der Waals surface area contributed by atoms with Gasteiger partial charge in [0.2, 0.25) is 0 Å². The Hall–Kier alpha value is -1.43. The van der Waals surface area contributed by atoms with Gasteiger partial charge in [-0.05, 0) is 45.5 Å². The van der Waals surface area contributed by atoms with Crippen LogP contribution in [0.4, 0.5) is 0 Å². The van der Waals surface area contributed by atoms with Crippen molar-refractivity contribution in [1.82, 2.24) is 24.7 Å². The first-order valence-corrected chi connectivity index (χ1v) is 7.65. The Bertz CT molecular complexity index is 604. The summed E-state index contributed by atoms with van der Waals surface area (Å²) in [4.78, 5) is 9.08. The van der Waals surface area contributed by atoms with Gasteiger partial charge in [-0.3, -0.25) is 0 Å². The molecule has 2 aromatic rings. The van der Waals surface area contributed by atoms with Crippen molar-refractivity contribution in [2.45, 2.75) is 63.7 Å². The Morgan fingerprint density at radius 1 is 1.05 bits per heavy atom. The van der Waals surface area contributed by atoms with Gasteiger partial charge < -0.3 is 4.57 Å². The summed E-state index contributed by atoms with van der Waals surface area (Å²) in [6.45, 7) is 12.4. The minimum absolute atomic E-state index is 0.318. The normalized spacial score (nSPS) is 11.6. The second-order valence-electron chi connectivity index (χ2n) is 5.46. The average molecular weight is 291 g/mol. The van der Waals surface area contributed by atoms with E-state index in [1.54, 1.807) is 11.8 Å². The van der Waals surface area contributed by atoms with Crippen LogP contribution in [0.3, 0.4) is 0 Å². The third-order valence-corrected chi connectivity index (χ3v) is 3.79. The molecular weight excluding hydrogens is 270 g/mol. The Morgan fingerprint density at radius 2 is 1.75 bits per heavy atom. The van der Waals surface area contributed by atoms with Gasteiger partial charge >= 0.3 is 0 Å². The molecule has 0 aliphatic heterocycles. The van der Waals surface area contributed by atoms with Gasteiger partial charge in [0.05, 0.1) is 0 Å². The van der Waals surface area contributed by atoms with E-state index >= 15 is 0 Å². The second kappa shape index (κ2) is 5.91. The molecule has 0 saturated carbocycles. The molecule has 0 aromatic carbocycles. The highest BCUT2D eigenvalue weighted by Crippen LogP contribution is 2.28. The van der Waals surface area contributed by atoms with Crippen LogP contribution in [0.15, 0.2) is 16.2 Å². The zero-order valence-corrected chi connectivity index (χ0v) is 13.7. The molecule has 0 bridgehead atoms. The van der Waals surface area contributed by atoms with Crippen molar-refractivity contribution >= 4 is 11.8 Å². The Labute approximate surface area is 124 Å². The van der Waals surface area contributed by atoms with Crippen molar-refractivity contribution in [3.8, 4) is 0 Å². The third-order valence-electron chi connectivity index (χ3n) is 2.91. The van der Waals surface area contributed by atoms with Crippen molar-refractivity contribution in [1.29, 1.82) is 0 Å². The smallest absolute Gasteiger partial charge is 0.197 e. The lowest BCUT2D eigenvalue weighted by Crippen LogP contribution is -2.05. The standard InChI is InChI=1S/C14H21N5S/c1-8(2)13-15-10(5)7-12(16-13)20-14-18-17-11(6)19(14)9(3)4/h7-9H,1-6H3. The highest BCUT2D eigenvalue weighted by molar-refractivity contribution is 7.99. The quantitative estimate of drug-likeness (QED) is 0.806. The van der Waals surface area contributed by atoms with Crippen LogP contribution in [-0.4, -0.2) is 24.7 Å². The molecule has 0 aliphatic rings. The molecule has 5 nitrogen and oxygen atoms in total. The number of aryl methyl sites for hydroxylation is 2. The van der Waals surface area contributed by atoms with Crippen LogP contribution < -0.4 is 0 Å². The molecule has 2 heterocycles. The highest BCUT2D eigenvalue weighted by atomic mass is 32.2. The van der Waals surface area contributed by atoms with E-state index in [0.717, 1.165) is 27.5 Å². The Kier molecular flexibility index (Phi) is 4.42. The van der Waals surface area contributed by atoms with Crippen LogP contribution in [0.1, 0.15) is 57.0 Å². The molecule has 20 heavy (non-hydrogen) atoms. The number of rotatable bonds is 4.